The Labute approximate surface area is 151 Å². The number of rotatable bonds is 3. The second-order valence-corrected chi connectivity index (χ2v) is 6.00. The molecule has 0 aliphatic heterocycles. The molecule has 126 valence electrons. The summed E-state index contributed by atoms with van der Waals surface area (Å²) in [6, 6.07) is 24.8. The van der Waals surface area contributed by atoms with Gasteiger partial charge in [0.25, 0.3) is 5.91 Å². The van der Waals surface area contributed by atoms with E-state index in [1.54, 1.807) is 18.3 Å². The number of carbonyl (C=O) groups is 1. The van der Waals surface area contributed by atoms with Gasteiger partial charge in [0.2, 0.25) is 0 Å². The average Bonchev–Trinajstić information content (AvgIpc) is 2.69. The summed E-state index contributed by atoms with van der Waals surface area (Å²) in [6.07, 6.45) is 1.79. The number of hydrogen-bond acceptors (Lipinski definition) is 3. The van der Waals surface area contributed by atoms with Crippen LogP contribution in [0.4, 0.5) is 11.4 Å². The first-order chi connectivity index (χ1) is 12.7. The van der Waals surface area contributed by atoms with Crippen molar-refractivity contribution < 1.29 is 4.79 Å². The van der Waals surface area contributed by atoms with Gasteiger partial charge in [-0.25, -0.2) is 0 Å². The van der Waals surface area contributed by atoms with E-state index in [9.17, 15) is 4.79 Å². The third-order valence-corrected chi connectivity index (χ3v) is 4.30. The van der Waals surface area contributed by atoms with Gasteiger partial charge in [0.05, 0.1) is 16.9 Å². The van der Waals surface area contributed by atoms with Crippen molar-refractivity contribution in [2.45, 2.75) is 0 Å². The van der Waals surface area contributed by atoms with Crippen LogP contribution < -0.4 is 11.1 Å². The van der Waals surface area contributed by atoms with Crippen LogP contribution >= 0.6 is 0 Å². The number of nitrogen functional groups attached to an aromatic ring is 1. The molecule has 0 bridgehead atoms. The van der Waals surface area contributed by atoms with Crippen LogP contribution in [0, 0.1) is 0 Å². The molecule has 1 heterocycles. The SMILES string of the molecule is Nc1ccccc1NC(=O)c1ccc(-c2cccc3cccnc23)cc1. The highest BCUT2D eigenvalue weighted by atomic mass is 16.1. The number of para-hydroxylation sites is 3. The predicted molar refractivity (Wildman–Crippen MR) is 106 cm³/mol. The van der Waals surface area contributed by atoms with Gasteiger partial charge in [-0.2, -0.15) is 0 Å². The molecular weight excluding hydrogens is 322 g/mol. The lowest BCUT2D eigenvalue weighted by Gasteiger charge is -2.09. The minimum atomic E-state index is -0.189. The Morgan fingerprint density at radius 2 is 1.62 bits per heavy atom. The fourth-order valence-electron chi connectivity index (χ4n) is 2.94. The molecule has 0 aliphatic rings. The van der Waals surface area contributed by atoms with E-state index in [-0.39, 0.29) is 5.91 Å². The number of benzene rings is 3. The van der Waals surface area contributed by atoms with Gasteiger partial charge in [0.1, 0.15) is 0 Å². The summed E-state index contributed by atoms with van der Waals surface area (Å²) in [5.41, 5.74) is 10.6. The normalized spacial score (nSPS) is 10.6. The summed E-state index contributed by atoms with van der Waals surface area (Å²) < 4.78 is 0. The number of aromatic nitrogens is 1. The number of anilines is 2. The molecule has 4 aromatic rings. The Kier molecular flexibility index (Phi) is 4.07. The average molecular weight is 339 g/mol. The lowest BCUT2D eigenvalue weighted by Crippen LogP contribution is -2.12. The molecule has 0 saturated heterocycles. The molecule has 0 radical (unpaired) electrons. The molecule has 3 aromatic carbocycles. The smallest absolute Gasteiger partial charge is 0.255 e. The van der Waals surface area contributed by atoms with Crippen LogP contribution in [0.2, 0.25) is 0 Å². The van der Waals surface area contributed by atoms with Gasteiger partial charge in [-0.05, 0) is 35.9 Å². The standard InChI is InChI=1S/C22H17N3O/c23-19-8-1-2-9-20(19)25-22(26)17-12-10-15(11-13-17)18-7-3-5-16-6-4-14-24-21(16)18/h1-14H,23H2,(H,25,26). The minimum absolute atomic E-state index is 0.189. The van der Waals surface area contributed by atoms with Crippen molar-refractivity contribution >= 4 is 28.2 Å². The molecule has 0 fully saturated rings. The van der Waals surface area contributed by atoms with Crippen molar-refractivity contribution in [3.05, 3.63) is 90.6 Å². The van der Waals surface area contributed by atoms with Crippen molar-refractivity contribution in [1.82, 2.24) is 4.98 Å². The van der Waals surface area contributed by atoms with Crippen molar-refractivity contribution in [1.29, 1.82) is 0 Å². The van der Waals surface area contributed by atoms with Gasteiger partial charge < -0.3 is 11.1 Å². The van der Waals surface area contributed by atoms with Gasteiger partial charge in [0, 0.05) is 22.7 Å². The molecule has 1 amide bonds. The second kappa shape index (κ2) is 6.69. The van der Waals surface area contributed by atoms with Crippen molar-refractivity contribution in [2.75, 3.05) is 11.1 Å². The Hall–Kier alpha value is -3.66. The summed E-state index contributed by atoms with van der Waals surface area (Å²) in [5, 5.41) is 3.93. The lowest BCUT2D eigenvalue weighted by atomic mass is 10.0. The second-order valence-electron chi connectivity index (χ2n) is 6.00. The summed E-state index contributed by atoms with van der Waals surface area (Å²) in [7, 11) is 0. The van der Waals surface area contributed by atoms with Crippen LogP contribution in [0.1, 0.15) is 10.4 Å². The molecule has 26 heavy (non-hydrogen) atoms. The molecule has 3 N–H and O–H groups in total. The Bertz CT molecular complexity index is 1080. The number of carbonyl (C=O) groups excluding carboxylic acids is 1. The third-order valence-electron chi connectivity index (χ3n) is 4.30. The molecule has 0 unspecified atom stereocenters. The molecule has 0 saturated carbocycles. The van der Waals surface area contributed by atoms with Crippen LogP contribution in [-0.4, -0.2) is 10.9 Å². The maximum atomic E-state index is 12.4. The van der Waals surface area contributed by atoms with E-state index in [0.29, 0.717) is 16.9 Å². The zero-order chi connectivity index (χ0) is 17.9. The molecule has 0 aliphatic carbocycles. The maximum Gasteiger partial charge on any atom is 0.255 e. The third kappa shape index (κ3) is 3.00. The molecule has 4 heteroatoms. The minimum Gasteiger partial charge on any atom is -0.397 e. The monoisotopic (exact) mass is 339 g/mol. The zero-order valence-electron chi connectivity index (χ0n) is 14.0. The van der Waals surface area contributed by atoms with Crippen molar-refractivity contribution in [3.63, 3.8) is 0 Å². The van der Waals surface area contributed by atoms with Crippen LogP contribution in [-0.2, 0) is 0 Å². The van der Waals surface area contributed by atoms with E-state index in [1.165, 1.54) is 0 Å². The maximum absolute atomic E-state index is 12.4. The molecule has 4 rings (SSSR count). The topological polar surface area (TPSA) is 68.0 Å². The van der Waals surface area contributed by atoms with Gasteiger partial charge in [0.15, 0.2) is 0 Å². The number of amides is 1. The Morgan fingerprint density at radius 3 is 2.42 bits per heavy atom. The van der Waals surface area contributed by atoms with Gasteiger partial charge in [-0.3, -0.25) is 9.78 Å². The first-order valence-electron chi connectivity index (χ1n) is 8.32. The molecule has 0 spiro atoms. The van der Waals surface area contributed by atoms with Gasteiger partial charge in [-0.1, -0.05) is 48.5 Å². The number of nitrogens with one attached hydrogen (secondary N) is 1. The van der Waals surface area contributed by atoms with E-state index in [2.05, 4.69) is 10.3 Å². The number of nitrogens with two attached hydrogens (primary N) is 1. The van der Waals surface area contributed by atoms with E-state index in [0.717, 1.165) is 22.0 Å². The molecule has 1 aromatic heterocycles. The Balaban J connectivity index is 1.62. The van der Waals surface area contributed by atoms with Gasteiger partial charge >= 0.3 is 0 Å². The van der Waals surface area contributed by atoms with Crippen LogP contribution in [0.3, 0.4) is 0 Å². The van der Waals surface area contributed by atoms with Crippen LogP contribution in [0.15, 0.2) is 85.1 Å². The lowest BCUT2D eigenvalue weighted by molar-refractivity contribution is 0.102. The zero-order valence-corrected chi connectivity index (χ0v) is 14.0. The summed E-state index contributed by atoms with van der Waals surface area (Å²) >= 11 is 0. The number of hydrogen-bond donors (Lipinski definition) is 2. The highest BCUT2D eigenvalue weighted by Gasteiger charge is 2.09. The number of fused-ring (bicyclic) bond motifs is 1. The van der Waals surface area contributed by atoms with Crippen molar-refractivity contribution in [2.24, 2.45) is 0 Å². The highest BCUT2D eigenvalue weighted by molar-refractivity contribution is 6.06. The number of pyridine rings is 1. The van der Waals surface area contributed by atoms with Crippen LogP contribution in [0.5, 0.6) is 0 Å². The van der Waals surface area contributed by atoms with Crippen LogP contribution in [0.25, 0.3) is 22.0 Å². The van der Waals surface area contributed by atoms with E-state index in [1.807, 2.05) is 66.7 Å². The van der Waals surface area contributed by atoms with E-state index < -0.39 is 0 Å². The Morgan fingerprint density at radius 1 is 0.846 bits per heavy atom. The largest absolute Gasteiger partial charge is 0.397 e. The first kappa shape index (κ1) is 15.8. The van der Waals surface area contributed by atoms with Crippen molar-refractivity contribution in [3.8, 4) is 11.1 Å². The quantitative estimate of drug-likeness (QED) is 0.530. The van der Waals surface area contributed by atoms with E-state index in [4.69, 9.17) is 5.73 Å². The summed E-state index contributed by atoms with van der Waals surface area (Å²) in [5.74, 6) is -0.189. The highest BCUT2D eigenvalue weighted by Crippen LogP contribution is 2.27. The molecule has 0 atom stereocenters. The fourth-order valence-corrected chi connectivity index (χ4v) is 2.94. The fraction of sp³-hybridized carbons (Fsp3) is 0. The van der Waals surface area contributed by atoms with E-state index >= 15 is 0 Å². The summed E-state index contributed by atoms with van der Waals surface area (Å²) in [4.78, 5) is 16.9. The first-order valence-corrected chi connectivity index (χ1v) is 8.32. The molecule has 4 nitrogen and oxygen atoms in total. The molecular formula is C22H17N3O. The predicted octanol–water partition coefficient (Wildman–Crippen LogP) is 4.74. The summed E-state index contributed by atoms with van der Waals surface area (Å²) in [6.45, 7) is 0. The van der Waals surface area contributed by atoms with Gasteiger partial charge in [-0.15, -0.1) is 0 Å². The number of nitrogens with zero attached hydrogens (tertiary/aromatic N) is 1.